The lowest BCUT2D eigenvalue weighted by Gasteiger charge is -2.12. The number of rotatable bonds is 3. The molecule has 3 rings (SSSR count). The van der Waals surface area contributed by atoms with E-state index in [0.29, 0.717) is 27.7 Å². The van der Waals surface area contributed by atoms with Gasteiger partial charge < -0.3 is 5.32 Å². The third-order valence-corrected chi connectivity index (χ3v) is 4.35. The Morgan fingerprint density at radius 1 is 1.22 bits per heavy atom. The summed E-state index contributed by atoms with van der Waals surface area (Å²) in [6.07, 6.45) is -4.75. The van der Waals surface area contributed by atoms with E-state index in [1.807, 2.05) is 6.92 Å². The molecule has 0 bridgehead atoms. The number of halogens is 4. The molecule has 6 nitrogen and oxygen atoms in total. The van der Waals surface area contributed by atoms with E-state index in [4.69, 9.17) is 11.6 Å². The second-order valence-corrected chi connectivity index (χ2v) is 6.53. The zero-order valence-electron chi connectivity index (χ0n) is 14.6. The van der Waals surface area contributed by atoms with Crippen LogP contribution >= 0.6 is 11.6 Å². The van der Waals surface area contributed by atoms with E-state index < -0.39 is 12.0 Å². The summed E-state index contributed by atoms with van der Waals surface area (Å²) < 4.78 is 39.5. The summed E-state index contributed by atoms with van der Waals surface area (Å²) in [5, 5.41) is 6.71. The topological polar surface area (TPSA) is 72.2 Å². The zero-order valence-corrected chi connectivity index (χ0v) is 15.4. The van der Waals surface area contributed by atoms with Crippen molar-refractivity contribution < 1.29 is 18.0 Å². The number of aromatic nitrogens is 4. The highest BCUT2D eigenvalue weighted by molar-refractivity contribution is 6.31. The number of hydrogen-bond acceptors (Lipinski definition) is 4. The summed E-state index contributed by atoms with van der Waals surface area (Å²) in [7, 11) is 0. The molecule has 1 amide bonds. The average Bonchev–Trinajstić information content (AvgIpc) is 2.99. The molecule has 0 aliphatic carbocycles. The maximum absolute atomic E-state index is 12.8. The second kappa shape index (κ2) is 6.80. The smallest absolute Gasteiger partial charge is 0.326 e. The molecule has 0 radical (unpaired) electrons. The quantitative estimate of drug-likeness (QED) is 0.727. The van der Waals surface area contributed by atoms with Crippen molar-refractivity contribution in [3.8, 4) is 0 Å². The maximum Gasteiger partial charge on any atom is 0.453 e. The predicted molar refractivity (Wildman–Crippen MR) is 93.8 cm³/mol. The summed E-state index contributed by atoms with van der Waals surface area (Å²) in [5.41, 5.74) is 2.67. The van der Waals surface area contributed by atoms with Gasteiger partial charge in [-0.25, -0.2) is 9.50 Å². The summed E-state index contributed by atoms with van der Waals surface area (Å²) in [4.78, 5) is 19.9. The largest absolute Gasteiger partial charge is 0.453 e. The van der Waals surface area contributed by atoms with E-state index in [1.54, 1.807) is 32.0 Å². The molecule has 3 aromatic rings. The van der Waals surface area contributed by atoms with Crippen LogP contribution in [0.3, 0.4) is 0 Å². The van der Waals surface area contributed by atoms with Gasteiger partial charge in [-0.2, -0.15) is 18.2 Å². The van der Waals surface area contributed by atoms with Crippen molar-refractivity contribution in [2.45, 2.75) is 33.4 Å². The fourth-order valence-corrected chi connectivity index (χ4v) is 2.84. The minimum atomic E-state index is -4.67. The molecule has 2 heterocycles. The number of nitrogens with one attached hydrogen (secondary N) is 1. The Hall–Kier alpha value is -2.68. The molecule has 0 saturated carbocycles. The molecule has 0 fully saturated rings. The molecule has 27 heavy (non-hydrogen) atoms. The Bertz CT molecular complexity index is 1050. The minimum absolute atomic E-state index is 0.0756. The van der Waals surface area contributed by atoms with Gasteiger partial charge in [0.2, 0.25) is 5.91 Å². The van der Waals surface area contributed by atoms with Gasteiger partial charge in [0.25, 0.3) is 11.6 Å². The molecule has 1 aromatic carbocycles. The number of amides is 1. The van der Waals surface area contributed by atoms with Crippen molar-refractivity contribution in [1.29, 1.82) is 0 Å². The molecule has 0 unspecified atom stereocenters. The molecule has 0 aliphatic heterocycles. The average molecular weight is 398 g/mol. The van der Waals surface area contributed by atoms with Gasteiger partial charge in [-0.1, -0.05) is 17.7 Å². The van der Waals surface area contributed by atoms with Crippen LogP contribution in [0.1, 0.15) is 28.3 Å². The first-order valence-corrected chi connectivity index (χ1v) is 8.30. The molecule has 2 aromatic heterocycles. The fourth-order valence-electron chi connectivity index (χ4n) is 2.67. The SMILES string of the molecule is Cc1ccc(Cl)cc1NC(=O)Cc1c(C)nc2nc(C(F)(F)F)nn2c1C. The first-order valence-electron chi connectivity index (χ1n) is 7.92. The van der Waals surface area contributed by atoms with Gasteiger partial charge in [0, 0.05) is 27.7 Å². The number of aryl methyl sites for hydroxylation is 3. The number of alkyl halides is 3. The van der Waals surface area contributed by atoms with Gasteiger partial charge >= 0.3 is 6.18 Å². The van der Waals surface area contributed by atoms with Gasteiger partial charge in [0.15, 0.2) is 0 Å². The highest BCUT2D eigenvalue weighted by Crippen LogP contribution is 2.27. The summed E-state index contributed by atoms with van der Waals surface area (Å²) >= 11 is 5.94. The second-order valence-electron chi connectivity index (χ2n) is 6.09. The van der Waals surface area contributed by atoms with Crippen molar-refractivity contribution in [2.24, 2.45) is 0 Å². The van der Waals surface area contributed by atoms with Crippen LogP contribution in [0.5, 0.6) is 0 Å². The lowest BCUT2D eigenvalue weighted by Crippen LogP contribution is -2.18. The van der Waals surface area contributed by atoms with Crippen LogP contribution in [0.15, 0.2) is 18.2 Å². The van der Waals surface area contributed by atoms with E-state index in [-0.39, 0.29) is 18.1 Å². The first-order chi connectivity index (χ1) is 12.6. The molecule has 0 aliphatic rings. The summed E-state index contributed by atoms with van der Waals surface area (Å²) in [5.74, 6) is -1.77. The van der Waals surface area contributed by atoms with Crippen LogP contribution in [0, 0.1) is 20.8 Å². The first kappa shape index (κ1) is 19.1. The van der Waals surface area contributed by atoms with Gasteiger partial charge in [-0.05, 0) is 38.5 Å². The molecular weight excluding hydrogens is 383 g/mol. The predicted octanol–water partition coefficient (Wildman–Crippen LogP) is 3.90. The Morgan fingerprint density at radius 3 is 2.59 bits per heavy atom. The lowest BCUT2D eigenvalue weighted by molar-refractivity contribution is -0.144. The van der Waals surface area contributed by atoms with Crippen LogP contribution in [-0.4, -0.2) is 25.5 Å². The third-order valence-electron chi connectivity index (χ3n) is 4.11. The highest BCUT2D eigenvalue weighted by atomic mass is 35.5. The standard InChI is InChI=1S/C17H15ClF3N5O/c1-8-4-5-11(18)6-13(8)23-14(27)7-12-9(2)22-16-24-15(17(19,20)21)25-26(16)10(12)3/h4-6H,7H2,1-3H3,(H,23,27). The van der Waals surface area contributed by atoms with Crippen molar-refractivity contribution in [3.63, 3.8) is 0 Å². The van der Waals surface area contributed by atoms with Gasteiger partial charge in [0.1, 0.15) is 0 Å². The number of nitrogens with zero attached hydrogens (tertiary/aromatic N) is 4. The highest BCUT2D eigenvalue weighted by Gasteiger charge is 2.37. The van der Waals surface area contributed by atoms with E-state index in [9.17, 15) is 18.0 Å². The number of anilines is 1. The Balaban J connectivity index is 1.92. The molecule has 0 spiro atoms. The zero-order chi connectivity index (χ0) is 19.9. The Morgan fingerprint density at radius 2 is 1.93 bits per heavy atom. The van der Waals surface area contributed by atoms with Crippen molar-refractivity contribution in [3.05, 3.63) is 51.6 Å². The van der Waals surface area contributed by atoms with Crippen LogP contribution in [0.4, 0.5) is 18.9 Å². The summed E-state index contributed by atoms with van der Waals surface area (Å²) in [6, 6.07) is 5.11. The van der Waals surface area contributed by atoms with Crippen LogP contribution in [0.25, 0.3) is 5.78 Å². The summed E-state index contributed by atoms with van der Waals surface area (Å²) in [6.45, 7) is 5.01. The number of hydrogen-bond donors (Lipinski definition) is 1. The molecular formula is C17H15ClF3N5O. The Kier molecular flexibility index (Phi) is 4.81. The molecule has 1 N–H and O–H groups in total. The van der Waals surface area contributed by atoms with Crippen molar-refractivity contribution in [1.82, 2.24) is 19.6 Å². The van der Waals surface area contributed by atoms with Crippen molar-refractivity contribution in [2.75, 3.05) is 5.32 Å². The van der Waals surface area contributed by atoms with E-state index >= 15 is 0 Å². The van der Waals surface area contributed by atoms with Gasteiger partial charge in [0.05, 0.1) is 6.42 Å². The van der Waals surface area contributed by atoms with Gasteiger partial charge in [-0.3, -0.25) is 4.79 Å². The molecule has 142 valence electrons. The molecule has 10 heteroatoms. The van der Waals surface area contributed by atoms with Crippen molar-refractivity contribution >= 4 is 29.0 Å². The van der Waals surface area contributed by atoms with Crippen LogP contribution in [0.2, 0.25) is 5.02 Å². The fraction of sp³-hybridized carbons (Fsp3) is 0.294. The number of carbonyl (C=O) groups excluding carboxylic acids is 1. The molecule has 0 saturated heterocycles. The monoisotopic (exact) mass is 397 g/mol. The number of carbonyl (C=O) groups is 1. The van der Waals surface area contributed by atoms with E-state index in [0.717, 1.165) is 10.1 Å². The number of fused-ring (bicyclic) bond motifs is 1. The van der Waals surface area contributed by atoms with Crippen LogP contribution < -0.4 is 5.32 Å². The normalized spacial score (nSPS) is 11.8. The minimum Gasteiger partial charge on any atom is -0.326 e. The van der Waals surface area contributed by atoms with E-state index in [2.05, 4.69) is 20.4 Å². The van der Waals surface area contributed by atoms with E-state index in [1.165, 1.54) is 0 Å². The number of benzene rings is 1. The molecule has 0 atom stereocenters. The maximum atomic E-state index is 12.8. The lowest BCUT2D eigenvalue weighted by atomic mass is 10.1. The van der Waals surface area contributed by atoms with Crippen LogP contribution in [-0.2, 0) is 17.4 Å². The third kappa shape index (κ3) is 3.87. The Labute approximate surface area is 157 Å². The van der Waals surface area contributed by atoms with Gasteiger partial charge in [-0.15, -0.1) is 5.10 Å².